The molecule has 1 aromatic rings. The quantitative estimate of drug-likeness (QED) is 0.677. The molecule has 1 fully saturated rings. The van der Waals surface area contributed by atoms with Gasteiger partial charge in [-0.15, -0.1) is 0 Å². The number of likely N-dealkylation sites (tertiary alicyclic amines) is 1. The van der Waals surface area contributed by atoms with E-state index < -0.39 is 6.61 Å². The van der Waals surface area contributed by atoms with Crippen molar-refractivity contribution in [3.05, 3.63) is 29.8 Å². The Hall–Kier alpha value is -2.15. The van der Waals surface area contributed by atoms with Gasteiger partial charge < -0.3 is 14.8 Å². The Balaban J connectivity index is 1.92. The summed E-state index contributed by atoms with van der Waals surface area (Å²) >= 11 is 0. The van der Waals surface area contributed by atoms with Crippen LogP contribution in [-0.4, -0.2) is 49.7 Å². The lowest BCUT2D eigenvalue weighted by Gasteiger charge is -2.43. The third-order valence-corrected chi connectivity index (χ3v) is 5.04. The van der Waals surface area contributed by atoms with Gasteiger partial charge in [0.25, 0.3) is 0 Å². The van der Waals surface area contributed by atoms with Crippen LogP contribution in [0.5, 0.6) is 11.5 Å². The predicted octanol–water partition coefficient (Wildman–Crippen LogP) is 3.94. The molecule has 1 saturated heterocycles. The second kappa shape index (κ2) is 9.87. The fraction of sp³-hybridized carbons (Fsp3) is 0.571. The summed E-state index contributed by atoms with van der Waals surface area (Å²) in [6, 6.07) is 4.52. The Kier molecular flexibility index (Phi) is 7.80. The number of hydrogen-bond acceptors (Lipinski definition) is 4. The van der Waals surface area contributed by atoms with E-state index in [-0.39, 0.29) is 22.9 Å². The molecule has 1 heterocycles. The van der Waals surface area contributed by atoms with E-state index in [9.17, 15) is 13.6 Å². The molecule has 0 radical (unpaired) electrons. The first-order valence-electron chi connectivity index (χ1n) is 9.55. The zero-order valence-corrected chi connectivity index (χ0v) is 17.0. The van der Waals surface area contributed by atoms with E-state index in [1.807, 2.05) is 0 Å². The molecule has 7 heteroatoms. The molecule has 1 atom stereocenters. The van der Waals surface area contributed by atoms with Gasteiger partial charge >= 0.3 is 6.61 Å². The molecule has 1 N–H and O–H groups in total. The lowest BCUT2D eigenvalue weighted by molar-refractivity contribution is -0.117. The van der Waals surface area contributed by atoms with E-state index in [0.717, 1.165) is 13.1 Å². The highest BCUT2D eigenvalue weighted by Gasteiger charge is 2.30. The Bertz CT molecular complexity index is 692. The Morgan fingerprint density at radius 2 is 2.14 bits per heavy atom. The van der Waals surface area contributed by atoms with E-state index in [1.54, 1.807) is 18.2 Å². The summed E-state index contributed by atoms with van der Waals surface area (Å²) in [5.41, 5.74) is 0.535. The maximum absolute atomic E-state index is 12.4. The molecule has 5 nitrogen and oxygen atoms in total. The highest BCUT2D eigenvalue weighted by molar-refractivity contribution is 5.91. The molecule has 0 spiro atoms. The number of hydrogen-bond donors (Lipinski definition) is 1. The van der Waals surface area contributed by atoms with Gasteiger partial charge in [0.05, 0.1) is 7.11 Å². The second-order valence-corrected chi connectivity index (χ2v) is 7.85. The number of halogens is 2. The number of benzene rings is 1. The zero-order valence-electron chi connectivity index (χ0n) is 17.0. The summed E-state index contributed by atoms with van der Waals surface area (Å²) in [5.74, 6) is 0.612. The molecular formula is C21H30F2N2O3. The molecule has 28 heavy (non-hydrogen) atoms. The predicted molar refractivity (Wildman–Crippen MR) is 106 cm³/mol. The molecule has 2 rings (SSSR count). The van der Waals surface area contributed by atoms with Gasteiger partial charge in [-0.3, -0.25) is 9.69 Å². The average Bonchev–Trinajstić information content (AvgIpc) is 2.65. The number of piperidine rings is 1. The van der Waals surface area contributed by atoms with Gasteiger partial charge in [0, 0.05) is 24.7 Å². The molecule has 1 amide bonds. The van der Waals surface area contributed by atoms with Crippen LogP contribution in [0.25, 0.3) is 6.08 Å². The van der Waals surface area contributed by atoms with Gasteiger partial charge in [-0.2, -0.15) is 8.78 Å². The van der Waals surface area contributed by atoms with Crippen molar-refractivity contribution in [2.75, 3.05) is 26.7 Å². The van der Waals surface area contributed by atoms with Crippen LogP contribution in [-0.2, 0) is 4.79 Å². The lowest BCUT2D eigenvalue weighted by Crippen LogP contribution is -2.54. The van der Waals surface area contributed by atoms with Gasteiger partial charge in [0.2, 0.25) is 5.91 Å². The van der Waals surface area contributed by atoms with Crippen LogP contribution in [0, 0.1) is 5.92 Å². The van der Waals surface area contributed by atoms with Crippen molar-refractivity contribution in [3.63, 3.8) is 0 Å². The molecule has 1 aliphatic heterocycles. The Morgan fingerprint density at radius 3 is 2.79 bits per heavy atom. The largest absolute Gasteiger partial charge is 0.493 e. The fourth-order valence-electron chi connectivity index (χ4n) is 3.37. The molecule has 0 saturated carbocycles. The van der Waals surface area contributed by atoms with Crippen LogP contribution in [0.2, 0.25) is 0 Å². The summed E-state index contributed by atoms with van der Waals surface area (Å²) in [7, 11) is 1.37. The molecule has 1 aliphatic rings. The van der Waals surface area contributed by atoms with E-state index in [2.05, 4.69) is 35.7 Å². The average molecular weight is 396 g/mol. The lowest BCUT2D eigenvalue weighted by atomic mass is 9.93. The van der Waals surface area contributed by atoms with Crippen molar-refractivity contribution in [3.8, 4) is 11.5 Å². The van der Waals surface area contributed by atoms with Crippen LogP contribution in [0.3, 0.4) is 0 Å². The summed E-state index contributed by atoms with van der Waals surface area (Å²) < 4.78 is 34.2. The molecule has 1 aromatic carbocycles. The summed E-state index contributed by atoms with van der Waals surface area (Å²) in [6.07, 6.45) is 5.48. The normalized spacial score (nSPS) is 18.5. The number of nitrogens with zero attached hydrogens (tertiary/aromatic N) is 1. The van der Waals surface area contributed by atoms with Gasteiger partial charge in [0.15, 0.2) is 11.5 Å². The molecule has 0 aliphatic carbocycles. The summed E-state index contributed by atoms with van der Waals surface area (Å²) in [5, 5.41) is 2.95. The van der Waals surface area contributed by atoms with Gasteiger partial charge in [0.1, 0.15) is 0 Å². The Morgan fingerprint density at radius 1 is 1.39 bits per heavy atom. The minimum atomic E-state index is -2.92. The SMILES string of the molecule is COc1cc(/C=C/C(=O)NCC(C)(C)N2CCCC(C)C2)ccc1OC(F)F. The maximum Gasteiger partial charge on any atom is 0.387 e. The molecule has 0 bridgehead atoms. The summed E-state index contributed by atoms with van der Waals surface area (Å²) in [4.78, 5) is 14.6. The van der Waals surface area contributed by atoms with Gasteiger partial charge in [-0.25, -0.2) is 0 Å². The topological polar surface area (TPSA) is 50.8 Å². The number of carbonyl (C=O) groups excluding carboxylic acids is 1. The van der Waals surface area contributed by atoms with Gasteiger partial charge in [-0.05, 0) is 62.9 Å². The maximum atomic E-state index is 12.4. The first-order chi connectivity index (χ1) is 13.2. The van der Waals surface area contributed by atoms with Crippen molar-refractivity contribution in [2.24, 2.45) is 5.92 Å². The van der Waals surface area contributed by atoms with E-state index in [0.29, 0.717) is 18.0 Å². The van der Waals surface area contributed by atoms with Crippen LogP contribution < -0.4 is 14.8 Å². The van der Waals surface area contributed by atoms with Crippen LogP contribution in [0.15, 0.2) is 24.3 Å². The van der Waals surface area contributed by atoms with E-state index in [1.165, 1.54) is 32.1 Å². The Labute approximate surface area is 165 Å². The van der Waals surface area contributed by atoms with Crippen molar-refractivity contribution in [1.82, 2.24) is 10.2 Å². The smallest absolute Gasteiger partial charge is 0.387 e. The fourth-order valence-corrected chi connectivity index (χ4v) is 3.37. The zero-order chi connectivity index (χ0) is 20.7. The van der Waals surface area contributed by atoms with E-state index >= 15 is 0 Å². The van der Waals surface area contributed by atoms with Gasteiger partial charge in [-0.1, -0.05) is 13.0 Å². The number of methoxy groups -OCH3 is 1. The van der Waals surface area contributed by atoms with Crippen LogP contribution in [0.1, 0.15) is 39.2 Å². The first-order valence-corrected chi connectivity index (χ1v) is 9.55. The molecule has 1 unspecified atom stereocenters. The minimum absolute atomic E-state index is 0.0448. The molecular weight excluding hydrogens is 366 g/mol. The van der Waals surface area contributed by atoms with Crippen LogP contribution >= 0.6 is 0 Å². The molecule has 156 valence electrons. The number of nitrogens with one attached hydrogen (secondary N) is 1. The first kappa shape index (κ1) is 22.1. The minimum Gasteiger partial charge on any atom is -0.493 e. The number of amides is 1. The van der Waals surface area contributed by atoms with Crippen LogP contribution in [0.4, 0.5) is 8.78 Å². The highest BCUT2D eigenvalue weighted by Crippen LogP contribution is 2.30. The third kappa shape index (κ3) is 6.48. The molecule has 0 aromatic heterocycles. The number of ether oxygens (including phenoxy) is 2. The number of alkyl halides is 2. The van der Waals surface area contributed by atoms with Crippen molar-refractivity contribution < 1.29 is 23.0 Å². The van der Waals surface area contributed by atoms with Crippen molar-refractivity contribution in [2.45, 2.75) is 45.8 Å². The standard InChI is InChI=1S/C21H30F2N2O3/c1-15-6-5-11-25(13-15)21(2,3)14-24-19(26)10-8-16-7-9-17(28-20(22)23)18(12-16)27-4/h7-10,12,15,20H,5-6,11,13-14H2,1-4H3,(H,24,26)/b10-8+. The highest BCUT2D eigenvalue weighted by atomic mass is 19.3. The monoisotopic (exact) mass is 396 g/mol. The van der Waals surface area contributed by atoms with Crippen molar-refractivity contribution >= 4 is 12.0 Å². The number of rotatable bonds is 8. The summed E-state index contributed by atoms with van der Waals surface area (Å²) in [6.45, 7) is 6.26. The van der Waals surface area contributed by atoms with Crippen molar-refractivity contribution in [1.29, 1.82) is 0 Å². The number of carbonyl (C=O) groups is 1. The third-order valence-electron chi connectivity index (χ3n) is 5.04. The van der Waals surface area contributed by atoms with E-state index in [4.69, 9.17) is 4.74 Å². The second-order valence-electron chi connectivity index (χ2n) is 7.85.